The second-order valence-corrected chi connectivity index (χ2v) is 3.19. The minimum Gasteiger partial charge on any atom is -0.383 e. The summed E-state index contributed by atoms with van der Waals surface area (Å²) in [6.45, 7) is 2.76. The quantitative estimate of drug-likeness (QED) is 0.536. The van der Waals surface area contributed by atoms with Crippen LogP contribution in [0.15, 0.2) is 12.4 Å². The van der Waals surface area contributed by atoms with Crippen LogP contribution in [0.5, 0.6) is 0 Å². The molecule has 1 amide bonds. The topological polar surface area (TPSA) is 81.1 Å². The zero-order chi connectivity index (χ0) is 11.6. The molecule has 7 heteroatoms. The first-order chi connectivity index (χ1) is 7.83. The van der Waals surface area contributed by atoms with E-state index in [0.29, 0.717) is 32.8 Å². The Bertz CT molecular complexity index is 288. The van der Waals surface area contributed by atoms with Crippen LogP contribution in [0.1, 0.15) is 0 Å². The van der Waals surface area contributed by atoms with Crippen molar-refractivity contribution in [2.75, 3.05) is 33.4 Å². The second-order valence-electron chi connectivity index (χ2n) is 3.19. The van der Waals surface area contributed by atoms with Gasteiger partial charge in [0, 0.05) is 26.4 Å². The molecule has 0 aromatic carbocycles. The lowest BCUT2D eigenvalue weighted by Gasteiger charge is -2.05. The van der Waals surface area contributed by atoms with Gasteiger partial charge in [0.2, 0.25) is 5.91 Å². The standard InChI is InChI=1S/C9H17N5O2/c1-16-7-4-11-9(15)8-10-2-5-14-6-3-12-13-14/h3,6,10H,2,4-5,7-8H2,1H3,(H,11,15). The molecular weight excluding hydrogens is 210 g/mol. The van der Waals surface area contributed by atoms with E-state index in [1.165, 1.54) is 0 Å². The van der Waals surface area contributed by atoms with Crippen LogP contribution in [0.4, 0.5) is 0 Å². The van der Waals surface area contributed by atoms with Crippen molar-refractivity contribution < 1.29 is 9.53 Å². The van der Waals surface area contributed by atoms with Crippen molar-refractivity contribution in [2.45, 2.75) is 6.54 Å². The fourth-order valence-corrected chi connectivity index (χ4v) is 1.10. The molecule has 0 aliphatic heterocycles. The average Bonchev–Trinajstić information content (AvgIpc) is 2.78. The van der Waals surface area contributed by atoms with Gasteiger partial charge in [0.15, 0.2) is 0 Å². The van der Waals surface area contributed by atoms with Gasteiger partial charge < -0.3 is 15.4 Å². The fraction of sp³-hybridized carbons (Fsp3) is 0.667. The maximum Gasteiger partial charge on any atom is 0.234 e. The predicted octanol–water partition coefficient (Wildman–Crippen LogP) is -1.37. The van der Waals surface area contributed by atoms with Crippen molar-refractivity contribution in [2.24, 2.45) is 0 Å². The summed E-state index contributed by atoms with van der Waals surface area (Å²) in [5.74, 6) is -0.0318. The van der Waals surface area contributed by atoms with Crippen LogP contribution in [0, 0.1) is 0 Å². The molecule has 1 aromatic rings. The summed E-state index contributed by atoms with van der Waals surface area (Å²) in [4.78, 5) is 11.2. The summed E-state index contributed by atoms with van der Waals surface area (Å²) >= 11 is 0. The number of nitrogens with zero attached hydrogens (tertiary/aromatic N) is 3. The smallest absolute Gasteiger partial charge is 0.234 e. The Morgan fingerprint density at radius 2 is 2.38 bits per heavy atom. The maximum atomic E-state index is 11.2. The number of nitrogens with one attached hydrogen (secondary N) is 2. The van der Waals surface area contributed by atoms with E-state index in [0.717, 1.165) is 0 Å². The highest BCUT2D eigenvalue weighted by Crippen LogP contribution is 1.78. The van der Waals surface area contributed by atoms with E-state index >= 15 is 0 Å². The molecule has 0 atom stereocenters. The van der Waals surface area contributed by atoms with Crippen LogP contribution in [-0.2, 0) is 16.1 Å². The minimum atomic E-state index is -0.0318. The summed E-state index contributed by atoms with van der Waals surface area (Å²) in [5, 5.41) is 13.2. The number of hydrogen-bond acceptors (Lipinski definition) is 5. The molecule has 0 aliphatic carbocycles. The Morgan fingerprint density at radius 3 is 3.06 bits per heavy atom. The van der Waals surface area contributed by atoms with Crippen molar-refractivity contribution in [1.82, 2.24) is 25.6 Å². The molecule has 0 radical (unpaired) electrons. The highest BCUT2D eigenvalue weighted by molar-refractivity contribution is 5.77. The summed E-state index contributed by atoms with van der Waals surface area (Å²) in [6, 6.07) is 0. The largest absolute Gasteiger partial charge is 0.383 e. The van der Waals surface area contributed by atoms with Gasteiger partial charge in [0.1, 0.15) is 0 Å². The van der Waals surface area contributed by atoms with Gasteiger partial charge in [-0.25, -0.2) is 0 Å². The molecule has 16 heavy (non-hydrogen) atoms. The number of methoxy groups -OCH3 is 1. The number of aromatic nitrogens is 3. The maximum absolute atomic E-state index is 11.2. The first-order valence-electron chi connectivity index (χ1n) is 5.13. The third kappa shape index (κ3) is 5.42. The van der Waals surface area contributed by atoms with Crippen LogP contribution >= 0.6 is 0 Å². The molecule has 0 bridgehead atoms. The Labute approximate surface area is 94.2 Å². The lowest BCUT2D eigenvalue weighted by molar-refractivity contribution is -0.120. The van der Waals surface area contributed by atoms with Gasteiger partial charge in [-0.1, -0.05) is 5.21 Å². The van der Waals surface area contributed by atoms with Crippen LogP contribution in [0.2, 0.25) is 0 Å². The Morgan fingerprint density at radius 1 is 1.50 bits per heavy atom. The highest BCUT2D eigenvalue weighted by atomic mass is 16.5. The summed E-state index contributed by atoms with van der Waals surface area (Å²) < 4.78 is 6.52. The van der Waals surface area contributed by atoms with Crippen LogP contribution < -0.4 is 10.6 Å². The van der Waals surface area contributed by atoms with Gasteiger partial charge >= 0.3 is 0 Å². The van der Waals surface area contributed by atoms with Crippen molar-refractivity contribution in [3.63, 3.8) is 0 Å². The number of hydrogen-bond donors (Lipinski definition) is 2. The summed E-state index contributed by atoms with van der Waals surface area (Å²) in [5.41, 5.74) is 0. The average molecular weight is 227 g/mol. The number of amides is 1. The Hall–Kier alpha value is -1.47. The SMILES string of the molecule is COCCNC(=O)CNCCn1ccnn1. The number of carbonyl (C=O) groups excluding carboxylic acids is 1. The van der Waals surface area contributed by atoms with Crippen molar-refractivity contribution in [3.05, 3.63) is 12.4 Å². The summed E-state index contributed by atoms with van der Waals surface area (Å²) in [6.07, 6.45) is 3.40. The van der Waals surface area contributed by atoms with Gasteiger partial charge in [-0.2, -0.15) is 0 Å². The zero-order valence-corrected chi connectivity index (χ0v) is 9.35. The van der Waals surface area contributed by atoms with Gasteiger partial charge in [0.25, 0.3) is 0 Å². The molecule has 0 unspecified atom stereocenters. The van der Waals surface area contributed by atoms with Crippen LogP contribution in [0.3, 0.4) is 0 Å². The summed E-state index contributed by atoms with van der Waals surface area (Å²) in [7, 11) is 1.60. The van der Waals surface area contributed by atoms with E-state index in [9.17, 15) is 4.79 Å². The molecule has 1 rings (SSSR count). The molecule has 1 heterocycles. The molecule has 0 saturated heterocycles. The molecule has 0 fully saturated rings. The highest BCUT2D eigenvalue weighted by Gasteiger charge is 1.99. The van der Waals surface area contributed by atoms with Crippen LogP contribution in [0.25, 0.3) is 0 Å². The number of ether oxygens (including phenoxy) is 1. The van der Waals surface area contributed by atoms with E-state index in [1.54, 1.807) is 24.2 Å². The van der Waals surface area contributed by atoms with E-state index in [2.05, 4.69) is 20.9 Å². The molecule has 0 saturated carbocycles. The monoisotopic (exact) mass is 227 g/mol. The van der Waals surface area contributed by atoms with Gasteiger partial charge in [0.05, 0.1) is 25.9 Å². The molecule has 0 aliphatic rings. The van der Waals surface area contributed by atoms with E-state index in [-0.39, 0.29) is 5.91 Å². The molecule has 0 spiro atoms. The Kier molecular flexibility index (Phi) is 6.12. The normalized spacial score (nSPS) is 10.3. The molecular formula is C9H17N5O2. The fourth-order valence-electron chi connectivity index (χ4n) is 1.10. The third-order valence-corrected chi connectivity index (χ3v) is 1.90. The molecule has 90 valence electrons. The van der Waals surface area contributed by atoms with E-state index in [4.69, 9.17) is 4.74 Å². The van der Waals surface area contributed by atoms with Crippen molar-refractivity contribution in [3.8, 4) is 0 Å². The van der Waals surface area contributed by atoms with Crippen molar-refractivity contribution >= 4 is 5.91 Å². The third-order valence-electron chi connectivity index (χ3n) is 1.90. The van der Waals surface area contributed by atoms with Gasteiger partial charge in [-0.3, -0.25) is 9.48 Å². The lowest BCUT2D eigenvalue weighted by Crippen LogP contribution is -2.36. The van der Waals surface area contributed by atoms with Gasteiger partial charge in [-0.05, 0) is 0 Å². The first kappa shape index (κ1) is 12.6. The van der Waals surface area contributed by atoms with Gasteiger partial charge in [-0.15, -0.1) is 5.10 Å². The molecule has 2 N–H and O–H groups in total. The molecule has 1 aromatic heterocycles. The number of rotatable bonds is 8. The first-order valence-corrected chi connectivity index (χ1v) is 5.13. The minimum absolute atomic E-state index is 0.0318. The van der Waals surface area contributed by atoms with Crippen molar-refractivity contribution in [1.29, 1.82) is 0 Å². The zero-order valence-electron chi connectivity index (χ0n) is 9.35. The lowest BCUT2D eigenvalue weighted by atomic mass is 10.5. The predicted molar refractivity (Wildman–Crippen MR) is 57.8 cm³/mol. The van der Waals surface area contributed by atoms with E-state index < -0.39 is 0 Å². The second kappa shape index (κ2) is 7.77. The van der Waals surface area contributed by atoms with Crippen LogP contribution in [-0.4, -0.2) is 54.3 Å². The van der Waals surface area contributed by atoms with E-state index in [1.807, 2.05) is 0 Å². The Balaban J connectivity index is 1.96. The number of carbonyl (C=O) groups is 1. The molecule has 7 nitrogen and oxygen atoms in total.